The maximum Gasteiger partial charge on any atom is 0.154 e. The van der Waals surface area contributed by atoms with Gasteiger partial charge in [-0.15, -0.1) is 0 Å². The number of rotatable bonds is 3. The number of hydrogen-bond acceptors (Lipinski definition) is 3. The predicted molar refractivity (Wildman–Crippen MR) is 71.5 cm³/mol. The molecule has 5 heteroatoms. The van der Waals surface area contributed by atoms with Crippen molar-refractivity contribution < 1.29 is 13.2 Å². The van der Waals surface area contributed by atoms with E-state index in [4.69, 9.17) is 4.74 Å². The Kier molecular flexibility index (Phi) is 3.78. The molecule has 1 unspecified atom stereocenters. The van der Waals surface area contributed by atoms with Gasteiger partial charge < -0.3 is 4.74 Å². The van der Waals surface area contributed by atoms with Gasteiger partial charge in [-0.3, -0.25) is 0 Å². The summed E-state index contributed by atoms with van der Waals surface area (Å²) in [4.78, 5) is 0. The number of ether oxygens (including phenoxy) is 1. The molecule has 1 saturated heterocycles. The highest BCUT2D eigenvalue weighted by Crippen LogP contribution is 2.26. The zero-order chi connectivity index (χ0) is 12.5. The number of benzene rings is 1. The molecule has 0 aliphatic carbocycles. The lowest BCUT2D eigenvalue weighted by Crippen LogP contribution is -2.18. The Morgan fingerprint density at radius 1 is 1.47 bits per heavy atom. The first-order valence-electron chi connectivity index (χ1n) is 5.53. The molecule has 0 saturated carbocycles. The largest absolute Gasteiger partial charge is 0.489 e. The molecule has 0 amide bonds. The molecule has 0 bridgehead atoms. The van der Waals surface area contributed by atoms with E-state index in [0.717, 1.165) is 11.3 Å². The van der Waals surface area contributed by atoms with Gasteiger partial charge in [0.05, 0.1) is 11.5 Å². The summed E-state index contributed by atoms with van der Waals surface area (Å²) in [6.07, 6.45) is 0.401. The number of hydrogen-bond donors (Lipinski definition) is 0. The monoisotopic (exact) mass is 318 g/mol. The molecular formula is C12H15BrO3S. The zero-order valence-corrected chi connectivity index (χ0v) is 12.1. The third-order valence-corrected chi connectivity index (χ3v) is 5.19. The van der Waals surface area contributed by atoms with E-state index in [1.54, 1.807) is 0 Å². The quantitative estimate of drug-likeness (QED) is 0.804. The minimum absolute atomic E-state index is 0.141. The van der Waals surface area contributed by atoms with E-state index >= 15 is 0 Å². The topological polar surface area (TPSA) is 43.4 Å². The van der Waals surface area contributed by atoms with Gasteiger partial charge in [0, 0.05) is 10.9 Å². The van der Waals surface area contributed by atoms with Gasteiger partial charge in [-0.1, -0.05) is 33.6 Å². The number of aryl methyl sites for hydroxylation is 1. The van der Waals surface area contributed by atoms with Gasteiger partial charge in [0.2, 0.25) is 0 Å². The number of halogens is 1. The van der Waals surface area contributed by atoms with Gasteiger partial charge in [-0.2, -0.15) is 0 Å². The van der Waals surface area contributed by atoms with Crippen LogP contribution in [-0.2, 0) is 15.2 Å². The van der Waals surface area contributed by atoms with Crippen LogP contribution in [0.15, 0.2) is 18.2 Å². The van der Waals surface area contributed by atoms with Crippen molar-refractivity contribution in [2.24, 2.45) is 0 Å². The molecule has 0 spiro atoms. The molecule has 1 aromatic rings. The lowest BCUT2D eigenvalue weighted by molar-refractivity contribution is 0.227. The van der Waals surface area contributed by atoms with E-state index in [9.17, 15) is 8.42 Å². The first kappa shape index (κ1) is 12.9. The second-order valence-corrected chi connectivity index (χ2v) is 7.18. The minimum Gasteiger partial charge on any atom is -0.489 e. The predicted octanol–water partition coefficient (Wildman–Crippen LogP) is 2.46. The Bertz CT molecular complexity index is 510. The third kappa shape index (κ3) is 3.22. The normalized spacial score (nSPS) is 22.6. The fraction of sp³-hybridized carbons (Fsp3) is 0.500. The van der Waals surface area contributed by atoms with Crippen LogP contribution in [0.25, 0.3) is 0 Å². The SMILES string of the molecule is Cc1ccc(OC2CCS(=O)(=O)C2)c(CBr)c1. The average Bonchev–Trinajstić information content (AvgIpc) is 2.61. The molecule has 1 heterocycles. The van der Waals surface area contributed by atoms with Crippen LogP contribution >= 0.6 is 15.9 Å². The first-order chi connectivity index (χ1) is 8.00. The van der Waals surface area contributed by atoms with Crippen LogP contribution in [0.2, 0.25) is 0 Å². The van der Waals surface area contributed by atoms with E-state index in [1.807, 2.05) is 25.1 Å². The fourth-order valence-corrected chi connectivity index (χ4v) is 3.99. The van der Waals surface area contributed by atoms with Crippen LogP contribution in [0.3, 0.4) is 0 Å². The van der Waals surface area contributed by atoms with Crippen molar-refractivity contribution in [3.63, 3.8) is 0 Å². The summed E-state index contributed by atoms with van der Waals surface area (Å²) >= 11 is 3.42. The standard InChI is InChI=1S/C12H15BrO3S/c1-9-2-3-12(10(6-9)7-13)16-11-4-5-17(14,15)8-11/h2-3,6,11H,4-5,7-8H2,1H3. The summed E-state index contributed by atoms with van der Waals surface area (Å²) in [5.41, 5.74) is 2.24. The minimum atomic E-state index is -2.88. The van der Waals surface area contributed by atoms with Gasteiger partial charge in [0.1, 0.15) is 11.9 Å². The van der Waals surface area contributed by atoms with E-state index in [-0.39, 0.29) is 17.6 Å². The molecule has 0 aromatic heterocycles. The van der Waals surface area contributed by atoms with Gasteiger partial charge in [0.15, 0.2) is 9.84 Å². The second kappa shape index (κ2) is 4.98. The van der Waals surface area contributed by atoms with Gasteiger partial charge in [0.25, 0.3) is 0 Å². The van der Waals surface area contributed by atoms with Crippen LogP contribution in [0, 0.1) is 6.92 Å². The molecule has 1 atom stereocenters. The molecule has 2 rings (SSSR count). The Hall–Kier alpha value is -0.550. The number of sulfone groups is 1. The third-order valence-electron chi connectivity index (χ3n) is 2.84. The maximum atomic E-state index is 11.4. The van der Waals surface area contributed by atoms with Crippen molar-refractivity contribution in [3.05, 3.63) is 29.3 Å². The Morgan fingerprint density at radius 2 is 2.24 bits per heavy atom. The molecule has 94 valence electrons. The highest BCUT2D eigenvalue weighted by atomic mass is 79.9. The summed E-state index contributed by atoms with van der Waals surface area (Å²) in [6.45, 7) is 2.02. The summed E-state index contributed by atoms with van der Waals surface area (Å²) in [5.74, 6) is 1.17. The Balaban J connectivity index is 2.14. The van der Waals surface area contributed by atoms with E-state index < -0.39 is 9.84 Å². The first-order valence-corrected chi connectivity index (χ1v) is 8.47. The van der Waals surface area contributed by atoms with Crippen LogP contribution < -0.4 is 4.74 Å². The van der Waals surface area contributed by atoms with Gasteiger partial charge >= 0.3 is 0 Å². The lowest BCUT2D eigenvalue weighted by atomic mass is 10.1. The molecule has 3 nitrogen and oxygen atoms in total. The molecule has 1 fully saturated rings. The van der Waals surface area contributed by atoms with Crippen molar-refractivity contribution in [3.8, 4) is 5.75 Å². The van der Waals surface area contributed by atoms with Crippen molar-refractivity contribution >= 4 is 25.8 Å². The summed E-state index contributed by atoms with van der Waals surface area (Å²) < 4.78 is 28.5. The van der Waals surface area contributed by atoms with Gasteiger partial charge in [-0.25, -0.2) is 8.42 Å². The van der Waals surface area contributed by atoms with E-state index in [2.05, 4.69) is 15.9 Å². The molecule has 1 aromatic carbocycles. The zero-order valence-electron chi connectivity index (χ0n) is 9.65. The molecule has 0 N–H and O–H groups in total. The van der Waals surface area contributed by atoms with Crippen molar-refractivity contribution in [2.45, 2.75) is 24.8 Å². The molecule has 17 heavy (non-hydrogen) atoms. The highest BCUT2D eigenvalue weighted by Gasteiger charge is 2.29. The molecular weight excluding hydrogens is 304 g/mol. The molecule has 1 aliphatic heterocycles. The second-order valence-electron chi connectivity index (χ2n) is 4.39. The summed E-state index contributed by atoms with van der Waals surface area (Å²) in [6, 6.07) is 5.94. The van der Waals surface area contributed by atoms with Crippen LogP contribution in [-0.4, -0.2) is 26.0 Å². The van der Waals surface area contributed by atoms with Gasteiger partial charge in [-0.05, 0) is 19.4 Å². The van der Waals surface area contributed by atoms with Crippen molar-refractivity contribution in [1.82, 2.24) is 0 Å². The van der Waals surface area contributed by atoms with Crippen LogP contribution in [0.4, 0.5) is 0 Å². The Morgan fingerprint density at radius 3 is 2.82 bits per heavy atom. The van der Waals surface area contributed by atoms with Crippen LogP contribution in [0.5, 0.6) is 5.75 Å². The maximum absolute atomic E-state index is 11.4. The summed E-state index contributed by atoms with van der Waals surface area (Å²) in [5, 5.41) is 0.712. The molecule has 0 radical (unpaired) electrons. The smallest absolute Gasteiger partial charge is 0.154 e. The number of alkyl halides is 1. The van der Waals surface area contributed by atoms with Crippen molar-refractivity contribution in [1.29, 1.82) is 0 Å². The Labute approximate surface area is 110 Å². The summed E-state index contributed by atoms with van der Waals surface area (Å²) in [7, 11) is -2.88. The van der Waals surface area contributed by atoms with E-state index in [1.165, 1.54) is 5.56 Å². The van der Waals surface area contributed by atoms with Crippen molar-refractivity contribution in [2.75, 3.05) is 11.5 Å². The fourth-order valence-electron chi connectivity index (χ4n) is 1.96. The molecule has 1 aliphatic rings. The van der Waals surface area contributed by atoms with E-state index in [0.29, 0.717) is 11.8 Å². The van der Waals surface area contributed by atoms with Crippen LogP contribution in [0.1, 0.15) is 17.5 Å². The lowest BCUT2D eigenvalue weighted by Gasteiger charge is -2.15. The average molecular weight is 319 g/mol. The highest BCUT2D eigenvalue weighted by molar-refractivity contribution is 9.08.